The Hall–Kier alpha value is -0.830. The van der Waals surface area contributed by atoms with Crippen molar-refractivity contribution >= 4 is 21.7 Å². The maximum absolute atomic E-state index is 4.47. The highest BCUT2D eigenvalue weighted by molar-refractivity contribution is 7.16. The molecule has 0 atom stereocenters. The minimum Gasteiger partial charge on any atom is -0.317 e. The van der Waals surface area contributed by atoms with Crippen molar-refractivity contribution in [2.24, 2.45) is 0 Å². The molecule has 0 aliphatic heterocycles. The second-order valence-corrected chi connectivity index (χ2v) is 4.13. The van der Waals surface area contributed by atoms with Crippen LogP contribution < -0.4 is 0 Å². The summed E-state index contributed by atoms with van der Waals surface area (Å²) in [6.45, 7) is 6.44. The quantitative estimate of drug-likeness (QED) is 0.659. The van der Waals surface area contributed by atoms with Crippen molar-refractivity contribution in [3.63, 3.8) is 0 Å². The van der Waals surface area contributed by atoms with Crippen molar-refractivity contribution in [3.05, 3.63) is 17.3 Å². The fourth-order valence-corrected chi connectivity index (χ4v) is 2.56. The Labute approximate surface area is 75.9 Å². The number of thiophene rings is 1. The maximum atomic E-state index is 4.47. The van der Waals surface area contributed by atoms with Gasteiger partial charge in [-0.2, -0.15) is 0 Å². The normalized spacial score (nSPS) is 11.7. The highest BCUT2D eigenvalue weighted by Crippen LogP contribution is 2.24. The van der Waals surface area contributed by atoms with Gasteiger partial charge in [-0.05, 0) is 32.2 Å². The summed E-state index contributed by atoms with van der Waals surface area (Å²) >= 11 is 1.76. The summed E-state index contributed by atoms with van der Waals surface area (Å²) in [4.78, 5) is 5.76. The van der Waals surface area contributed by atoms with Crippen LogP contribution in [0.2, 0.25) is 0 Å². The summed E-state index contributed by atoms with van der Waals surface area (Å²) in [5.74, 6) is 1.12. The van der Waals surface area contributed by atoms with E-state index in [9.17, 15) is 0 Å². The van der Waals surface area contributed by atoms with Gasteiger partial charge in [0, 0.05) is 6.04 Å². The molecule has 12 heavy (non-hydrogen) atoms. The Kier molecular flexibility index (Phi) is 1.68. The van der Waals surface area contributed by atoms with Gasteiger partial charge in [0.25, 0.3) is 0 Å². The molecule has 2 aromatic heterocycles. The van der Waals surface area contributed by atoms with E-state index in [0.717, 1.165) is 11.3 Å². The highest BCUT2D eigenvalue weighted by Gasteiger charge is 2.09. The Morgan fingerprint density at radius 2 is 2.25 bits per heavy atom. The summed E-state index contributed by atoms with van der Waals surface area (Å²) in [7, 11) is 0. The molecule has 0 aliphatic rings. The lowest BCUT2D eigenvalue weighted by Gasteiger charge is -2.08. The van der Waals surface area contributed by atoms with E-state index in [-0.39, 0.29) is 0 Å². The minimum atomic E-state index is 0.508. The summed E-state index contributed by atoms with van der Waals surface area (Å²) < 4.78 is 2.28. The Morgan fingerprint density at radius 3 is 2.92 bits per heavy atom. The van der Waals surface area contributed by atoms with E-state index >= 15 is 0 Å². The van der Waals surface area contributed by atoms with E-state index < -0.39 is 0 Å². The molecule has 2 nitrogen and oxygen atoms in total. The molecule has 2 heterocycles. The smallest absolute Gasteiger partial charge is 0.123 e. The van der Waals surface area contributed by atoms with Crippen LogP contribution in [0.3, 0.4) is 0 Å². The number of rotatable bonds is 1. The predicted octanol–water partition coefficient (Wildman–Crippen LogP) is 2.99. The molecule has 0 spiro atoms. The van der Waals surface area contributed by atoms with E-state index in [4.69, 9.17) is 0 Å². The van der Waals surface area contributed by atoms with Crippen LogP contribution in [0.4, 0.5) is 0 Å². The van der Waals surface area contributed by atoms with E-state index in [1.54, 1.807) is 11.3 Å². The fraction of sp³-hybridized carbons (Fsp3) is 0.444. The summed E-state index contributed by atoms with van der Waals surface area (Å²) in [5, 5.41) is 2.09. The Bertz CT molecular complexity index is 397. The molecule has 0 aromatic carbocycles. The zero-order valence-electron chi connectivity index (χ0n) is 7.53. The zero-order valence-corrected chi connectivity index (χ0v) is 8.35. The van der Waals surface area contributed by atoms with E-state index in [1.807, 2.05) is 0 Å². The first-order chi connectivity index (χ1) is 5.70. The van der Waals surface area contributed by atoms with Gasteiger partial charge in [0.2, 0.25) is 0 Å². The number of nitrogens with zero attached hydrogens (tertiary/aromatic N) is 2. The lowest BCUT2D eigenvalue weighted by molar-refractivity contribution is 0.602. The van der Waals surface area contributed by atoms with E-state index in [2.05, 4.69) is 41.8 Å². The first-order valence-corrected chi connectivity index (χ1v) is 5.00. The van der Waals surface area contributed by atoms with Crippen LogP contribution in [0.25, 0.3) is 10.3 Å². The number of hydrogen-bond acceptors (Lipinski definition) is 2. The molecular weight excluding hydrogens is 168 g/mol. The van der Waals surface area contributed by atoms with Crippen LogP contribution in [-0.2, 0) is 0 Å². The van der Waals surface area contributed by atoms with Gasteiger partial charge in [0.1, 0.15) is 10.7 Å². The topological polar surface area (TPSA) is 17.8 Å². The van der Waals surface area contributed by atoms with Crippen molar-refractivity contribution in [1.82, 2.24) is 9.55 Å². The van der Waals surface area contributed by atoms with Gasteiger partial charge in [-0.15, -0.1) is 11.3 Å². The number of aryl methyl sites for hydroxylation is 1. The number of hydrogen-bond donors (Lipinski definition) is 0. The molecule has 3 heteroatoms. The summed E-state index contributed by atoms with van der Waals surface area (Å²) in [6, 6.07) is 2.58. The molecule has 0 bridgehead atoms. The van der Waals surface area contributed by atoms with Crippen molar-refractivity contribution in [3.8, 4) is 0 Å². The van der Waals surface area contributed by atoms with Crippen molar-refractivity contribution in [2.75, 3.05) is 0 Å². The van der Waals surface area contributed by atoms with Gasteiger partial charge in [-0.25, -0.2) is 4.98 Å². The van der Waals surface area contributed by atoms with Crippen molar-refractivity contribution in [1.29, 1.82) is 0 Å². The maximum Gasteiger partial charge on any atom is 0.123 e. The van der Waals surface area contributed by atoms with E-state index in [0.29, 0.717) is 6.04 Å². The van der Waals surface area contributed by atoms with Crippen LogP contribution in [0.15, 0.2) is 11.4 Å². The molecule has 0 radical (unpaired) electrons. The van der Waals surface area contributed by atoms with Gasteiger partial charge < -0.3 is 4.57 Å². The second-order valence-electron chi connectivity index (χ2n) is 3.23. The van der Waals surface area contributed by atoms with Gasteiger partial charge in [-0.1, -0.05) is 0 Å². The monoisotopic (exact) mass is 180 g/mol. The first-order valence-electron chi connectivity index (χ1n) is 4.12. The van der Waals surface area contributed by atoms with Crippen LogP contribution in [-0.4, -0.2) is 9.55 Å². The fourth-order valence-electron chi connectivity index (χ4n) is 1.54. The number of aromatic nitrogens is 2. The van der Waals surface area contributed by atoms with Gasteiger partial charge >= 0.3 is 0 Å². The third-order valence-electron chi connectivity index (χ3n) is 1.99. The van der Waals surface area contributed by atoms with Crippen molar-refractivity contribution in [2.45, 2.75) is 26.8 Å². The standard InChI is InChI=1S/C9H12N2S/c1-6(2)11-7(3)10-8-4-5-12-9(8)11/h4-6H,1-3H3. The molecule has 0 saturated carbocycles. The van der Waals surface area contributed by atoms with Crippen molar-refractivity contribution < 1.29 is 0 Å². The number of fused-ring (bicyclic) bond motifs is 1. The molecule has 2 aromatic rings. The van der Waals surface area contributed by atoms with Crippen LogP contribution in [0, 0.1) is 6.92 Å². The van der Waals surface area contributed by atoms with Crippen LogP contribution >= 0.6 is 11.3 Å². The molecule has 0 amide bonds. The Balaban J connectivity index is 2.76. The molecule has 0 unspecified atom stereocenters. The second kappa shape index (κ2) is 2.59. The van der Waals surface area contributed by atoms with Crippen LogP contribution in [0.5, 0.6) is 0 Å². The molecule has 0 aliphatic carbocycles. The first kappa shape index (κ1) is 7.80. The van der Waals surface area contributed by atoms with Crippen LogP contribution in [0.1, 0.15) is 25.7 Å². The highest BCUT2D eigenvalue weighted by atomic mass is 32.1. The lowest BCUT2D eigenvalue weighted by Crippen LogP contribution is -2.01. The zero-order chi connectivity index (χ0) is 8.72. The predicted molar refractivity (Wildman–Crippen MR) is 52.7 cm³/mol. The average molecular weight is 180 g/mol. The number of imidazole rings is 1. The summed E-state index contributed by atoms with van der Waals surface area (Å²) in [6.07, 6.45) is 0. The van der Waals surface area contributed by atoms with Gasteiger partial charge in [0.05, 0.1) is 5.52 Å². The molecule has 0 N–H and O–H groups in total. The third-order valence-corrected chi connectivity index (χ3v) is 2.89. The SMILES string of the molecule is Cc1nc2ccsc2n1C(C)C. The molecule has 0 saturated heterocycles. The largest absolute Gasteiger partial charge is 0.317 e. The van der Waals surface area contributed by atoms with Gasteiger partial charge in [-0.3, -0.25) is 0 Å². The minimum absolute atomic E-state index is 0.508. The van der Waals surface area contributed by atoms with E-state index in [1.165, 1.54) is 4.83 Å². The molecule has 2 rings (SSSR count). The average Bonchev–Trinajstić information content (AvgIpc) is 2.44. The summed E-state index contributed by atoms with van der Waals surface area (Å²) in [5.41, 5.74) is 1.13. The molecule has 64 valence electrons. The molecular formula is C9H12N2S. The molecule has 0 fully saturated rings. The lowest BCUT2D eigenvalue weighted by atomic mass is 10.4. The Morgan fingerprint density at radius 1 is 1.50 bits per heavy atom. The van der Waals surface area contributed by atoms with Gasteiger partial charge in [0.15, 0.2) is 0 Å². The third kappa shape index (κ3) is 0.966.